The molecule has 0 saturated heterocycles. The second-order valence-corrected chi connectivity index (χ2v) is 7.33. The Kier molecular flexibility index (Phi) is 3.17. The van der Waals surface area contributed by atoms with Gasteiger partial charge in [-0.05, 0) is 25.5 Å². The van der Waals surface area contributed by atoms with Gasteiger partial charge < -0.3 is 14.5 Å². The predicted molar refractivity (Wildman–Crippen MR) is 98.7 cm³/mol. The van der Waals surface area contributed by atoms with Crippen molar-refractivity contribution in [2.24, 2.45) is 0 Å². The zero-order valence-electron chi connectivity index (χ0n) is 15.0. The van der Waals surface area contributed by atoms with Crippen molar-refractivity contribution in [2.75, 3.05) is 11.9 Å². The Labute approximate surface area is 144 Å². The molecule has 3 nitrogen and oxygen atoms in total. The lowest BCUT2D eigenvalue weighted by atomic mass is 9.75. The second kappa shape index (κ2) is 5.04. The van der Waals surface area contributed by atoms with E-state index in [0.29, 0.717) is 0 Å². The molecule has 2 aromatic rings. The summed E-state index contributed by atoms with van der Waals surface area (Å²) >= 11 is 0. The number of aryl methyl sites for hydroxylation is 1. The summed E-state index contributed by atoms with van der Waals surface area (Å²) < 4.78 is 6.43. The topological polar surface area (TPSA) is 15.7 Å². The standard InChI is InChI=1S/C21H24N2O/c1-14-10-11-17-20(19(14)23-13-12-22(5)15(23)2)24-18-9-7-6-8-16(18)21(17,3)4/h6-13,15H,1-5H3/t15-/m0/s1. The van der Waals surface area contributed by atoms with Gasteiger partial charge in [0.2, 0.25) is 0 Å². The molecular weight excluding hydrogens is 296 g/mol. The Bertz CT molecular complexity index is 838. The van der Waals surface area contributed by atoms with Crippen molar-refractivity contribution in [1.82, 2.24) is 4.90 Å². The Morgan fingerprint density at radius 2 is 1.75 bits per heavy atom. The SMILES string of the molecule is Cc1ccc2c(c1N1C=CN(C)[C@@H]1C)Oc1ccccc1C2(C)C. The number of anilines is 1. The highest BCUT2D eigenvalue weighted by Gasteiger charge is 2.37. The number of benzene rings is 2. The molecule has 0 spiro atoms. The maximum atomic E-state index is 6.43. The zero-order valence-corrected chi connectivity index (χ0v) is 15.0. The molecular formula is C21H24N2O. The molecule has 0 amide bonds. The summed E-state index contributed by atoms with van der Waals surface area (Å²) in [7, 11) is 2.10. The molecule has 3 heteroatoms. The van der Waals surface area contributed by atoms with Crippen LogP contribution in [0.1, 0.15) is 37.5 Å². The number of hydrogen-bond donors (Lipinski definition) is 0. The van der Waals surface area contributed by atoms with E-state index in [1.807, 2.05) is 6.07 Å². The molecule has 0 saturated carbocycles. The minimum atomic E-state index is -0.0782. The van der Waals surface area contributed by atoms with Crippen LogP contribution in [0.2, 0.25) is 0 Å². The van der Waals surface area contributed by atoms with E-state index in [2.05, 4.69) is 87.3 Å². The molecule has 2 heterocycles. The summed E-state index contributed by atoms with van der Waals surface area (Å²) in [4.78, 5) is 4.51. The van der Waals surface area contributed by atoms with Crippen LogP contribution in [0, 0.1) is 6.92 Å². The number of hydrogen-bond acceptors (Lipinski definition) is 3. The van der Waals surface area contributed by atoms with Gasteiger partial charge >= 0.3 is 0 Å². The Hall–Kier alpha value is -2.42. The molecule has 0 bridgehead atoms. The van der Waals surface area contributed by atoms with Gasteiger partial charge in [-0.3, -0.25) is 0 Å². The van der Waals surface area contributed by atoms with Crippen LogP contribution in [-0.2, 0) is 5.41 Å². The molecule has 0 radical (unpaired) electrons. The first kappa shape index (κ1) is 15.1. The Balaban J connectivity index is 1.93. The van der Waals surface area contributed by atoms with Crippen LogP contribution in [0.4, 0.5) is 5.69 Å². The predicted octanol–water partition coefficient (Wildman–Crippen LogP) is 5.00. The van der Waals surface area contributed by atoms with Crippen LogP contribution in [-0.4, -0.2) is 18.1 Å². The zero-order chi connectivity index (χ0) is 17.1. The normalized spacial score (nSPS) is 20.6. The van der Waals surface area contributed by atoms with Crippen molar-refractivity contribution in [1.29, 1.82) is 0 Å². The monoisotopic (exact) mass is 320 g/mol. The quantitative estimate of drug-likeness (QED) is 0.736. The smallest absolute Gasteiger partial charge is 0.155 e. The van der Waals surface area contributed by atoms with Crippen LogP contribution in [0.3, 0.4) is 0 Å². The van der Waals surface area contributed by atoms with Crippen LogP contribution in [0.15, 0.2) is 48.8 Å². The molecule has 0 N–H and O–H groups in total. The van der Waals surface area contributed by atoms with Gasteiger partial charge in [0.15, 0.2) is 5.75 Å². The molecule has 0 unspecified atom stereocenters. The van der Waals surface area contributed by atoms with E-state index < -0.39 is 0 Å². The average molecular weight is 320 g/mol. The first-order valence-electron chi connectivity index (χ1n) is 8.51. The van der Waals surface area contributed by atoms with E-state index >= 15 is 0 Å². The third kappa shape index (κ3) is 1.97. The average Bonchev–Trinajstić information content (AvgIpc) is 2.87. The lowest BCUT2D eigenvalue weighted by Gasteiger charge is -2.38. The fourth-order valence-corrected chi connectivity index (χ4v) is 3.80. The number of nitrogens with zero attached hydrogens (tertiary/aromatic N) is 2. The van der Waals surface area contributed by atoms with Crippen LogP contribution in [0.5, 0.6) is 11.5 Å². The summed E-state index contributed by atoms with van der Waals surface area (Å²) in [5.74, 6) is 1.96. The maximum absolute atomic E-state index is 6.43. The summed E-state index contributed by atoms with van der Waals surface area (Å²) in [5.41, 5.74) is 4.82. The molecule has 2 aliphatic heterocycles. The van der Waals surface area contributed by atoms with Gasteiger partial charge in [0.25, 0.3) is 0 Å². The minimum absolute atomic E-state index is 0.0782. The summed E-state index contributed by atoms with van der Waals surface area (Å²) in [6.45, 7) is 8.93. The first-order chi connectivity index (χ1) is 11.4. The number of para-hydroxylation sites is 1. The van der Waals surface area contributed by atoms with Gasteiger partial charge in [-0.2, -0.15) is 0 Å². The molecule has 4 rings (SSSR count). The van der Waals surface area contributed by atoms with Crippen molar-refractivity contribution >= 4 is 5.69 Å². The molecule has 24 heavy (non-hydrogen) atoms. The molecule has 0 aromatic heterocycles. The van der Waals surface area contributed by atoms with Crippen LogP contribution in [0.25, 0.3) is 0 Å². The molecule has 0 aliphatic carbocycles. The third-order valence-corrected chi connectivity index (χ3v) is 5.49. The minimum Gasteiger partial charge on any atom is -0.455 e. The molecule has 2 aliphatic rings. The van der Waals surface area contributed by atoms with Gasteiger partial charge in [-0.15, -0.1) is 0 Å². The summed E-state index contributed by atoms with van der Waals surface area (Å²) in [6.07, 6.45) is 4.54. The van der Waals surface area contributed by atoms with E-state index in [1.165, 1.54) is 22.4 Å². The molecule has 124 valence electrons. The molecule has 1 atom stereocenters. The maximum Gasteiger partial charge on any atom is 0.155 e. The van der Waals surface area contributed by atoms with Gasteiger partial charge in [-0.25, -0.2) is 0 Å². The van der Waals surface area contributed by atoms with Gasteiger partial charge in [0.1, 0.15) is 11.9 Å². The largest absolute Gasteiger partial charge is 0.455 e. The number of ether oxygens (including phenoxy) is 1. The van der Waals surface area contributed by atoms with E-state index in [4.69, 9.17) is 4.74 Å². The van der Waals surface area contributed by atoms with Crippen LogP contribution < -0.4 is 9.64 Å². The van der Waals surface area contributed by atoms with Crippen molar-refractivity contribution in [3.8, 4) is 11.5 Å². The van der Waals surface area contributed by atoms with Crippen molar-refractivity contribution in [3.63, 3.8) is 0 Å². The van der Waals surface area contributed by atoms with E-state index in [0.717, 1.165) is 11.5 Å². The first-order valence-corrected chi connectivity index (χ1v) is 8.51. The van der Waals surface area contributed by atoms with E-state index in [9.17, 15) is 0 Å². The van der Waals surface area contributed by atoms with Crippen LogP contribution >= 0.6 is 0 Å². The third-order valence-electron chi connectivity index (χ3n) is 5.49. The van der Waals surface area contributed by atoms with E-state index in [-0.39, 0.29) is 11.6 Å². The fourth-order valence-electron chi connectivity index (χ4n) is 3.80. The van der Waals surface area contributed by atoms with Crippen molar-refractivity contribution < 1.29 is 4.74 Å². The summed E-state index contributed by atoms with van der Waals surface area (Å²) in [5, 5.41) is 0. The summed E-state index contributed by atoms with van der Waals surface area (Å²) in [6, 6.07) is 12.8. The van der Waals surface area contributed by atoms with Gasteiger partial charge in [-0.1, -0.05) is 44.2 Å². The van der Waals surface area contributed by atoms with Crippen molar-refractivity contribution in [2.45, 2.75) is 39.3 Å². The van der Waals surface area contributed by atoms with Crippen molar-refractivity contribution in [3.05, 3.63) is 65.5 Å². The highest BCUT2D eigenvalue weighted by Crippen LogP contribution is 2.52. The highest BCUT2D eigenvalue weighted by atomic mass is 16.5. The van der Waals surface area contributed by atoms with E-state index in [1.54, 1.807) is 0 Å². The second-order valence-electron chi connectivity index (χ2n) is 7.33. The van der Waals surface area contributed by atoms with Gasteiger partial charge in [0.05, 0.1) is 5.69 Å². The fraction of sp³-hybridized carbons (Fsp3) is 0.333. The molecule has 0 fully saturated rings. The Morgan fingerprint density at radius 3 is 2.46 bits per heavy atom. The lowest BCUT2D eigenvalue weighted by molar-refractivity contribution is 0.376. The number of fused-ring (bicyclic) bond motifs is 2. The Morgan fingerprint density at radius 1 is 1.00 bits per heavy atom. The highest BCUT2D eigenvalue weighted by molar-refractivity contribution is 5.73. The molecule has 2 aromatic carbocycles. The number of rotatable bonds is 1. The lowest BCUT2D eigenvalue weighted by Crippen LogP contribution is -2.35. The van der Waals surface area contributed by atoms with Gasteiger partial charge in [0, 0.05) is 36.0 Å².